The first kappa shape index (κ1) is 15.4. The van der Waals surface area contributed by atoms with Crippen LogP contribution in [0.2, 0.25) is 0 Å². The van der Waals surface area contributed by atoms with Crippen molar-refractivity contribution in [3.05, 3.63) is 11.7 Å². The molecule has 1 fully saturated rings. The van der Waals surface area contributed by atoms with Gasteiger partial charge in [0.15, 0.2) is 0 Å². The molecule has 1 aliphatic rings. The van der Waals surface area contributed by atoms with Gasteiger partial charge in [0.05, 0.1) is 0 Å². The van der Waals surface area contributed by atoms with Gasteiger partial charge in [0, 0.05) is 13.0 Å². The van der Waals surface area contributed by atoms with Gasteiger partial charge >= 0.3 is 0 Å². The lowest BCUT2D eigenvalue weighted by molar-refractivity contribution is -0.0847. The molecular weight excluding hydrogens is 254 g/mol. The van der Waals surface area contributed by atoms with Crippen molar-refractivity contribution in [1.29, 1.82) is 0 Å². The number of hydrogen-bond donors (Lipinski definition) is 1. The number of ether oxygens (including phenoxy) is 1. The molecule has 1 aliphatic carbocycles. The number of aromatic nitrogens is 2. The van der Waals surface area contributed by atoms with Crippen molar-refractivity contribution in [2.75, 3.05) is 13.2 Å². The second-order valence-corrected chi connectivity index (χ2v) is 5.87. The molecule has 5 heteroatoms. The van der Waals surface area contributed by atoms with E-state index in [0.717, 1.165) is 56.7 Å². The fraction of sp³-hybridized carbons (Fsp3) is 0.867. The summed E-state index contributed by atoms with van der Waals surface area (Å²) in [6.45, 7) is 5.72. The van der Waals surface area contributed by atoms with Crippen LogP contribution < -0.4 is 5.73 Å². The van der Waals surface area contributed by atoms with E-state index >= 15 is 0 Å². The van der Waals surface area contributed by atoms with Gasteiger partial charge in [-0.25, -0.2) is 0 Å². The fourth-order valence-electron chi connectivity index (χ4n) is 2.90. The molecule has 1 aromatic rings. The third-order valence-electron chi connectivity index (χ3n) is 4.22. The van der Waals surface area contributed by atoms with Gasteiger partial charge in [-0.1, -0.05) is 12.1 Å². The van der Waals surface area contributed by atoms with Gasteiger partial charge in [0.1, 0.15) is 5.60 Å². The number of nitrogens with zero attached hydrogens (tertiary/aromatic N) is 2. The Kier molecular flexibility index (Phi) is 5.54. The Morgan fingerprint density at radius 1 is 1.35 bits per heavy atom. The highest BCUT2D eigenvalue weighted by Crippen LogP contribution is 2.41. The molecule has 20 heavy (non-hydrogen) atoms. The Morgan fingerprint density at radius 2 is 2.10 bits per heavy atom. The van der Waals surface area contributed by atoms with Crippen LogP contribution in [0.3, 0.4) is 0 Å². The summed E-state index contributed by atoms with van der Waals surface area (Å²) in [5, 5.41) is 4.19. The third kappa shape index (κ3) is 3.58. The highest BCUT2D eigenvalue weighted by molar-refractivity contribution is 5.04. The molecule has 1 saturated carbocycles. The van der Waals surface area contributed by atoms with Crippen molar-refractivity contribution in [2.24, 2.45) is 11.7 Å². The van der Waals surface area contributed by atoms with Gasteiger partial charge in [-0.15, -0.1) is 0 Å². The zero-order chi connectivity index (χ0) is 14.4. The second kappa shape index (κ2) is 7.18. The lowest BCUT2D eigenvalue weighted by atomic mass is 9.79. The first-order valence-electron chi connectivity index (χ1n) is 7.87. The predicted octanol–water partition coefficient (Wildman–Crippen LogP) is 2.79. The van der Waals surface area contributed by atoms with Crippen LogP contribution in [0.1, 0.15) is 64.1 Å². The molecule has 0 unspecified atom stereocenters. The number of unbranched alkanes of at least 4 members (excludes halogenated alkanes) is 1. The molecule has 0 aliphatic heterocycles. The minimum absolute atomic E-state index is 0.323. The summed E-state index contributed by atoms with van der Waals surface area (Å²) in [5.41, 5.74) is 5.18. The quantitative estimate of drug-likeness (QED) is 0.778. The Bertz CT molecular complexity index is 398. The van der Waals surface area contributed by atoms with Crippen molar-refractivity contribution in [3.63, 3.8) is 0 Å². The molecule has 2 N–H and O–H groups in total. The molecule has 0 amide bonds. The van der Waals surface area contributed by atoms with E-state index < -0.39 is 0 Å². The van der Waals surface area contributed by atoms with Crippen molar-refractivity contribution < 1.29 is 9.26 Å². The van der Waals surface area contributed by atoms with E-state index in [0.29, 0.717) is 19.0 Å². The topological polar surface area (TPSA) is 74.2 Å². The number of nitrogens with two attached hydrogens (primary N) is 1. The van der Waals surface area contributed by atoms with Crippen molar-refractivity contribution in [3.8, 4) is 0 Å². The zero-order valence-corrected chi connectivity index (χ0v) is 12.7. The monoisotopic (exact) mass is 281 g/mol. The van der Waals surface area contributed by atoms with Gasteiger partial charge in [0.25, 0.3) is 0 Å². The molecule has 0 radical (unpaired) electrons. The molecule has 5 nitrogen and oxygen atoms in total. The average Bonchev–Trinajstić information content (AvgIpc) is 2.92. The summed E-state index contributed by atoms with van der Waals surface area (Å²) in [5.74, 6) is 2.22. The van der Waals surface area contributed by atoms with E-state index in [1.54, 1.807) is 0 Å². The summed E-state index contributed by atoms with van der Waals surface area (Å²) in [6, 6.07) is 0. The normalized spacial score (nSPS) is 26.9. The van der Waals surface area contributed by atoms with Crippen LogP contribution in [0.25, 0.3) is 0 Å². The van der Waals surface area contributed by atoms with Crippen molar-refractivity contribution in [2.45, 2.75) is 64.4 Å². The zero-order valence-electron chi connectivity index (χ0n) is 12.7. The highest BCUT2D eigenvalue weighted by atomic mass is 16.5. The Hall–Kier alpha value is -0.940. The smallest absolute Gasteiger partial charge is 0.226 e. The third-order valence-corrected chi connectivity index (χ3v) is 4.22. The Balaban J connectivity index is 2.05. The van der Waals surface area contributed by atoms with Gasteiger partial charge in [0.2, 0.25) is 11.7 Å². The maximum Gasteiger partial charge on any atom is 0.226 e. The Labute approximate surface area is 121 Å². The molecule has 1 heterocycles. The number of rotatable bonds is 7. The van der Waals surface area contributed by atoms with E-state index in [4.69, 9.17) is 15.0 Å². The van der Waals surface area contributed by atoms with Gasteiger partial charge in [-0.2, -0.15) is 4.98 Å². The van der Waals surface area contributed by atoms with Crippen LogP contribution in [0.15, 0.2) is 4.52 Å². The van der Waals surface area contributed by atoms with Crippen LogP contribution in [-0.2, 0) is 16.8 Å². The van der Waals surface area contributed by atoms with Crippen LogP contribution in [0.4, 0.5) is 0 Å². The molecular formula is C15H27N3O2. The molecule has 0 atom stereocenters. The van der Waals surface area contributed by atoms with Crippen LogP contribution >= 0.6 is 0 Å². The number of hydrogen-bond acceptors (Lipinski definition) is 5. The van der Waals surface area contributed by atoms with E-state index in [2.05, 4.69) is 17.1 Å². The van der Waals surface area contributed by atoms with Crippen molar-refractivity contribution in [1.82, 2.24) is 10.1 Å². The van der Waals surface area contributed by atoms with Gasteiger partial charge in [-0.05, 0) is 57.9 Å². The summed E-state index contributed by atoms with van der Waals surface area (Å²) >= 11 is 0. The maximum atomic E-state index is 6.04. The standard InChI is InChI=1S/C15H27N3O2/c1-3-19-15(9-7-12(2)8-10-15)14-17-13(20-18-14)6-4-5-11-16/h12H,3-11,16H2,1-2H3. The van der Waals surface area contributed by atoms with E-state index in [9.17, 15) is 0 Å². The highest BCUT2D eigenvalue weighted by Gasteiger charge is 2.40. The van der Waals surface area contributed by atoms with Crippen LogP contribution in [-0.4, -0.2) is 23.3 Å². The Morgan fingerprint density at radius 3 is 2.75 bits per heavy atom. The molecule has 0 bridgehead atoms. The number of aryl methyl sites for hydroxylation is 1. The summed E-state index contributed by atoms with van der Waals surface area (Å²) in [4.78, 5) is 4.58. The van der Waals surface area contributed by atoms with Gasteiger partial charge in [-0.3, -0.25) is 0 Å². The maximum absolute atomic E-state index is 6.04. The predicted molar refractivity (Wildman–Crippen MR) is 77.2 cm³/mol. The van der Waals surface area contributed by atoms with Crippen molar-refractivity contribution >= 4 is 0 Å². The molecule has 0 spiro atoms. The second-order valence-electron chi connectivity index (χ2n) is 5.87. The minimum atomic E-state index is -0.323. The lowest BCUT2D eigenvalue weighted by Crippen LogP contribution is -2.35. The summed E-state index contributed by atoms with van der Waals surface area (Å²) in [7, 11) is 0. The van der Waals surface area contributed by atoms with E-state index in [-0.39, 0.29) is 5.60 Å². The van der Waals surface area contributed by atoms with Crippen LogP contribution in [0, 0.1) is 5.92 Å². The minimum Gasteiger partial charge on any atom is -0.367 e. The van der Waals surface area contributed by atoms with E-state index in [1.165, 1.54) is 0 Å². The molecule has 0 aromatic carbocycles. The first-order chi connectivity index (χ1) is 9.70. The average molecular weight is 281 g/mol. The fourth-order valence-corrected chi connectivity index (χ4v) is 2.90. The molecule has 2 rings (SSSR count). The van der Waals surface area contributed by atoms with Gasteiger partial charge < -0.3 is 15.0 Å². The lowest BCUT2D eigenvalue weighted by Gasteiger charge is -2.36. The van der Waals surface area contributed by atoms with Crippen LogP contribution in [0.5, 0.6) is 0 Å². The summed E-state index contributed by atoms with van der Waals surface area (Å²) < 4.78 is 11.4. The molecule has 0 saturated heterocycles. The summed E-state index contributed by atoms with van der Waals surface area (Å²) in [6.07, 6.45) is 7.10. The van der Waals surface area contributed by atoms with E-state index in [1.807, 2.05) is 6.92 Å². The molecule has 1 aromatic heterocycles. The largest absolute Gasteiger partial charge is 0.367 e. The molecule has 114 valence electrons. The SMILES string of the molecule is CCOC1(c2noc(CCCCN)n2)CCC(C)CC1. The first-order valence-corrected chi connectivity index (χ1v) is 7.87.